The molecule has 42 heavy (non-hydrogen) atoms. The van der Waals surface area contributed by atoms with Crippen LogP contribution in [0.3, 0.4) is 0 Å². The van der Waals surface area contributed by atoms with Crippen molar-refractivity contribution >= 4 is 53.0 Å². The van der Waals surface area contributed by atoms with Crippen LogP contribution in [0.5, 0.6) is 11.6 Å². The number of nitrogens with zero attached hydrogens (tertiary/aromatic N) is 3. The number of aromatic carboxylic acids is 1. The van der Waals surface area contributed by atoms with Crippen LogP contribution in [0, 0.1) is 3.57 Å². The maximum Gasteiger partial charge on any atom is 0.387 e. The van der Waals surface area contributed by atoms with E-state index in [1.54, 1.807) is 25.3 Å². The first-order valence-corrected chi connectivity index (χ1v) is 18.8. The predicted molar refractivity (Wildman–Crippen MR) is 168 cm³/mol. The Balaban J connectivity index is 1.70. The number of aromatic nitrogens is 3. The first kappa shape index (κ1) is 32.3. The van der Waals surface area contributed by atoms with Crippen molar-refractivity contribution in [3.8, 4) is 22.3 Å². The van der Waals surface area contributed by atoms with Crippen molar-refractivity contribution in [2.75, 3.05) is 0 Å². The van der Waals surface area contributed by atoms with Gasteiger partial charge in [0.2, 0.25) is 0 Å². The van der Waals surface area contributed by atoms with E-state index in [0.717, 1.165) is 3.57 Å². The largest absolute Gasteiger partial charge is 0.540 e. The second-order valence-corrected chi connectivity index (χ2v) is 19.5. The molecule has 1 aromatic carbocycles. The van der Waals surface area contributed by atoms with Crippen molar-refractivity contribution in [1.29, 1.82) is 0 Å². The Bertz CT molecular complexity index is 1600. The van der Waals surface area contributed by atoms with Crippen LogP contribution in [-0.4, -0.2) is 35.3 Å². The molecule has 0 aliphatic heterocycles. The molecule has 0 N–H and O–H groups in total. The highest BCUT2D eigenvalue weighted by molar-refractivity contribution is 14.1. The SMILES string of the molecule is CC[s+]1c(-c2cnc3ccc(I)cn23)nc(O[C@H](C)c2ccc(CO[Si](C)(C)C(C)(C)C)cc2OC(F)F)c1C(=O)[O-]. The Morgan fingerprint density at radius 3 is 2.52 bits per heavy atom. The molecule has 13 heteroatoms. The van der Waals surface area contributed by atoms with Crippen LogP contribution in [0.1, 0.15) is 61.5 Å². The molecule has 3 heterocycles. The molecule has 4 aromatic rings. The number of rotatable bonds is 11. The summed E-state index contributed by atoms with van der Waals surface area (Å²) in [4.78, 5) is 21.3. The van der Waals surface area contributed by atoms with Crippen LogP contribution < -0.4 is 14.6 Å². The molecule has 0 bridgehead atoms. The zero-order valence-corrected chi connectivity index (χ0v) is 28.5. The third-order valence-electron chi connectivity index (χ3n) is 7.47. The van der Waals surface area contributed by atoms with Crippen molar-refractivity contribution in [2.24, 2.45) is 0 Å². The molecule has 0 saturated carbocycles. The smallest absolute Gasteiger partial charge is 0.387 e. The number of fused-ring (bicyclic) bond motifs is 1. The van der Waals surface area contributed by atoms with Crippen molar-refractivity contribution in [3.63, 3.8) is 0 Å². The van der Waals surface area contributed by atoms with Crippen LogP contribution in [0.15, 0.2) is 42.7 Å². The fourth-order valence-electron chi connectivity index (χ4n) is 4.16. The first-order valence-electron chi connectivity index (χ1n) is 13.4. The number of hydrogen-bond acceptors (Lipinski definition) is 7. The number of halogens is 3. The van der Waals surface area contributed by atoms with E-state index >= 15 is 0 Å². The number of imidazole rings is 1. The van der Waals surface area contributed by atoms with Gasteiger partial charge in [-0.25, -0.2) is 4.98 Å². The zero-order valence-electron chi connectivity index (χ0n) is 24.5. The second kappa shape index (κ2) is 12.5. The van der Waals surface area contributed by atoms with Gasteiger partial charge in [0, 0.05) is 25.8 Å². The Labute approximate surface area is 261 Å². The highest BCUT2D eigenvalue weighted by atomic mass is 127. The minimum atomic E-state index is -3.06. The monoisotopic (exact) mass is 729 g/mol. The number of thiazole rings is 1. The molecule has 0 amide bonds. The topological polar surface area (TPSA) is 98.0 Å². The fourth-order valence-corrected chi connectivity index (χ4v) is 7.44. The lowest BCUT2D eigenvalue weighted by Crippen LogP contribution is -2.40. The van der Waals surface area contributed by atoms with Gasteiger partial charge in [0.1, 0.15) is 34.9 Å². The summed E-state index contributed by atoms with van der Waals surface area (Å²) in [5, 5.41) is 12.8. The van der Waals surface area contributed by atoms with Crippen molar-refractivity contribution in [3.05, 3.63) is 62.3 Å². The Morgan fingerprint density at radius 1 is 1.19 bits per heavy atom. The average molecular weight is 730 g/mol. The summed E-state index contributed by atoms with van der Waals surface area (Å²) >= 11 is 2.19. The number of hydrogen-bond donors (Lipinski definition) is 0. The van der Waals surface area contributed by atoms with Gasteiger partial charge in [-0.05, 0) is 78.3 Å². The molecule has 0 spiro atoms. The predicted octanol–water partition coefficient (Wildman–Crippen LogP) is 7.40. The first-order chi connectivity index (χ1) is 19.6. The van der Waals surface area contributed by atoms with Gasteiger partial charge in [0.25, 0.3) is 15.8 Å². The van der Waals surface area contributed by atoms with Gasteiger partial charge in [0.05, 0.1) is 12.8 Å². The highest BCUT2D eigenvalue weighted by Gasteiger charge is 2.37. The summed E-state index contributed by atoms with van der Waals surface area (Å²) in [6.45, 7) is 11.3. The van der Waals surface area contributed by atoms with Crippen LogP contribution in [0.4, 0.5) is 8.78 Å². The normalized spacial score (nSPS) is 13.5. The number of benzene rings is 1. The zero-order chi connectivity index (χ0) is 31.0. The third kappa shape index (κ3) is 6.79. The number of alkyl halides is 2. The van der Waals surface area contributed by atoms with Crippen LogP contribution in [0.25, 0.3) is 16.3 Å². The van der Waals surface area contributed by atoms with Crippen LogP contribution in [-0.2, 0) is 16.8 Å². The Morgan fingerprint density at radius 2 is 1.90 bits per heavy atom. The van der Waals surface area contributed by atoms with Crippen LogP contribution >= 0.6 is 33.1 Å². The molecule has 0 radical (unpaired) electrons. The molecule has 0 aliphatic rings. The number of ether oxygens (including phenoxy) is 2. The maximum absolute atomic E-state index is 13.4. The minimum Gasteiger partial charge on any atom is -0.540 e. The Hall–Kier alpha value is -2.62. The average Bonchev–Trinajstić information content (AvgIpc) is 3.46. The van der Waals surface area contributed by atoms with E-state index in [2.05, 4.69) is 66.4 Å². The molecule has 8 nitrogen and oxygen atoms in total. The standard InChI is InChI=1S/C29H34F2IN3O5SSi/c1-8-41-24(27(36)37)25(34-26(41)21-14-33-23-12-10-19(32)15-35(21)23)39-17(2)20-11-9-18(13-22(20)40-28(30)31)16-38-42(6,7)29(3,4)5/h9-15,17,28H,8,16H2,1-7H3/t17-,41?/m1/s1. The number of carbonyl (C=O) groups excluding carboxylic acids is 1. The van der Waals surface area contributed by atoms with Gasteiger partial charge in [0.15, 0.2) is 8.32 Å². The van der Waals surface area contributed by atoms with E-state index in [1.165, 1.54) is 6.07 Å². The molecule has 226 valence electrons. The van der Waals surface area contributed by atoms with Gasteiger partial charge in [-0.3, -0.25) is 4.40 Å². The van der Waals surface area contributed by atoms with Gasteiger partial charge in [-0.15, -0.1) is 0 Å². The lowest BCUT2D eigenvalue weighted by Gasteiger charge is -2.36. The number of carboxylic acids is 1. The third-order valence-corrected chi connectivity index (χ3v) is 14.8. The van der Waals surface area contributed by atoms with Crippen molar-refractivity contribution < 1.29 is 32.6 Å². The van der Waals surface area contributed by atoms with E-state index in [-0.39, 0.29) is 28.2 Å². The Kier molecular flexibility index (Phi) is 9.64. The van der Waals surface area contributed by atoms with Crippen molar-refractivity contribution in [1.82, 2.24) is 14.4 Å². The van der Waals surface area contributed by atoms with Crippen LogP contribution in [0.2, 0.25) is 18.1 Å². The summed E-state index contributed by atoms with van der Waals surface area (Å²) in [7, 11) is -3.03. The molecule has 4 rings (SSSR count). The molecular weight excluding hydrogens is 695 g/mol. The van der Waals surface area contributed by atoms with Gasteiger partial charge >= 0.3 is 6.61 Å². The van der Waals surface area contributed by atoms with E-state index in [4.69, 9.17) is 13.9 Å². The molecular formula is C29H34F2IN3O5SSi. The highest BCUT2D eigenvalue weighted by Crippen LogP contribution is 2.44. The summed E-state index contributed by atoms with van der Waals surface area (Å²) < 4.78 is 46.9. The summed E-state index contributed by atoms with van der Waals surface area (Å²) in [5.41, 5.74) is 2.33. The van der Waals surface area contributed by atoms with E-state index in [0.29, 0.717) is 33.2 Å². The summed E-state index contributed by atoms with van der Waals surface area (Å²) in [5.74, 6) is -1.13. The van der Waals surface area contributed by atoms with E-state index in [9.17, 15) is 18.7 Å². The summed E-state index contributed by atoms with van der Waals surface area (Å²) in [6, 6.07) is 8.71. The van der Waals surface area contributed by atoms with Gasteiger partial charge in [-0.1, -0.05) is 32.9 Å². The molecule has 0 saturated heterocycles. The quantitative estimate of drug-likeness (QED) is 0.0902. The molecule has 1 unspecified atom stereocenters. The lowest BCUT2D eigenvalue weighted by molar-refractivity contribution is -0.254. The van der Waals surface area contributed by atoms with E-state index < -0.39 is 37.5 Å². The number of carboxylic acid groups (broad SMARTS) is 1. The van der Waals surface area contributed by atoms with E-state index in [1.807, 2.05) is 29.7 Å². The number of carbonyl (C=O) groups is 1. The second-order valence-electron chi connectivity index (χ2n) is 11.3. The molecule has 0 fully saturated rings. The van der Waals surface area contributed by atoms with Gasteiger partial charge < -0.3 is 23.8 Å². The summed E-state index contributed by atoms with van der Waals surface area (Å²) in [6.07, 6.45) is 2.67. The molecule has 2 atom stereocenters. The van der Waals surface area contributed by atoms with Crippen molar-refractivity contribution in [2.45, 2.75) is 77.8 Å². The minimum absolute atomic E-state index is 0.0125. The maximum atomic E-state index is 13.4. The number of pyridine rings is 1. The fraction of sp³-hybridized carbons (Fsp3) is 0.414. The van der Waals surface area contributed by atoms with Gasteiger partial charge in [-0.2, -0.15) is 13.8 Å². The molecule has 0 aliphatic carbocycles. The lowest BCUT2D eigenvalue weighted by atomic mass is 10.1. The molecule has 3 aromatic heterocycles.